The Kier molecular flexibility index (Phi) is 2.66. The number of nitrogens with zero attached hydrogens (tertiary/aromatic N) is 3. The van der Waals surface area contributed by atoms with Gasteiger partial charge in [-0.3, -0.25) is 10.1 Å². The van der Waals surface area contributed by atoms with E-state index < -0.39 is 10.9 Å². The van der Waals surface area contributed by atoms with Crippen LogP contribution in [0.2, 0.25) is 0 Å². The molecule has 2 rings (SSSR count). The van der Waals surface area contributed by atoms with Crippen LogP contribution < -0.4 is 4.90 Å². The minimum absolute atomic E-state index is 0.131. The fourth-order valence-electron chi connectivity index (χ4n) is 1.62. The molecule has 0 unspecified atom stereocenters. The van der Waals surface area contributed by atoms with Gasteiger partial charge in [-0.1, -0.05) is 0 Å². The summed E-state index contributed by atoms with van der Waals surface area (Å²) in [4.78, 5) is 26.6. The molecule has 0 radical (unpaired) electrons. The fourth-order valence-corrected chi connectivity index (χ4v) is 1.62. The van der Waals surface area contributed by atoms with Gasteiger partial charge in [0, 0.05) is 19.2 Å². The number of aromatic carboxylic acids is 1. The quantitative estimate of drug-likeness (QED) is 0.626. The molecule has 1 aromatic rings. The number of nitro groups is 1. The maximum atomic E-state index is 11.1. The first kappa shape index (κ1) is 11.3. The van der Waals surface area contributed by atoms with Crippen LogP contribution in [0.4, 0.5) is 11.5 Å². The molecular weight excluding hydrogens is 226 g/mol. The van der Waals surface area contributed by atoms with Crippen LogP contribution in [0.3, 0.4) is 0 Å². The molecule has 0 atom stereocenters. The van der Waals surface area contributed by atoms with Gasteiger partial charge < -0.3 is 10.0 Å². The number of carboxylic acids is 1. The Hall–Kier alpha value is -2.18. The predicted molar refractivity (Wildman–Crippen MR) is 59.3 cm³/mol. The lowest BCUT2D eigenvalue weighted by molar-refractivity contribution is -0.385. The summed E-state index contributed by atoms with van der Waals surface area (Å²) >= 11 is 0. The van der Waals surface area contributed by atoms with Gasteiger partial charge in [-0.2, -0.15) is 0 Å². The van der Waals surface area contributed by atoms with E-state index in [0.717, 1.165) is 25.1 Å². The summed E-state index contributed by atoms with van der Waals surface area (Å²) in [5.74, 6) is -0.922. The molecule has 90 valence electrons. The number of aromatic nitrogens is 1. The van der Waals surface area contributed by atoms with E-state index in [1.165, 1.54) is 0 Å². The molecule has 7 heteroatoms. The Morgan fingerprint density at radius 3 is 2.76 bits per heavy atom. The first-order valence-corrected chi connectivity index (χ1v) is 5.11. The zero-order valence-corrected chi connectivity index (χ0v) is 9.16. The fraction of sp³-hybridized carbons (Fsp3) is 0.400. The van der Waals surface area contributed by atoms with Crippen LogP contribution >= 0.6 is 0 Å². The van der Waals surface area contributed by atoms with Gasteiger partial charge in [-0.15, -0.1) is 0 Å². The number of pyridine rings is 1. The maximum Gasteiger partial charge on any atom is 0.339 e. The molecule has 1 heterocycles. The normalized spacial score (nSPS) is 14.4. The summed E-state index contributed by atoms with van der Waals surface area (Å²) in [7, 11) is 1.75. The van der Waals surface area contributed by atoms with Crippen LogP contribution in [0, 0.1) is 10.1 Å². The minimum Gasteiger partial charge on any atom is -0.478 e. The van der Waals surface area contributed by atoms with E-state index in [4.69, 9.17) is 5.11 Å². The van der Waals surface area contributed by atoms with Crippen molar-refractivity contribution in [1.29, 1.82) is 0 Å². The monoisotopic (exact) mass is 237 g/mol. The number of hydrogen-bond donors (Lipinski definition) is 1. The van der Waals surface area contributed by atoms with Gasteiger partial charge in [0.05, 0.1) is 4.92 Å². The first-order chi connectivity index (χ1) is 8.00. The Morgan fingerprint density at radius 2 is 2.29 bits per heavy atom. The lowest BCUT2D eigenvalue weighted by Gasteiger charge is -2.18. The Morgan fingerprint density at radius 1 is 1.65 bits per heavy atom. The number of carbonyl (C=O) groups is 1. The first-order valence-electron chi connectivity index (χ1n) is 5.11. The van der Waals surface area contributed by atoms with E-state index in [-0.39, 0.29) is 17.1 Å². The molecule has 0 bridgehead atoms. The predicted octanol–water partition coefficient (Wildman–Crippen LogP) is 1.29. The lowest BCUT2D eigenvalue weighted by atomic mass is 10.2. The highest BCUT2D eigenvalue weighted by Gasteiger charge is 2.30. The third-order valence-electron chi connectivity index (χ3n) is 2.72. The van der Waals surface area contributed by atoms with Crippen molar-refractivity contribution in [2.45, 2.75) is 18.9 Å². The summed E-state index contributed by atoms with van der Waals surface area (Å²) in [5.41, 5.74) is -0.441. The molecule has 0 amide bonds. The Balaban J connectivity index is 2.43. The van der Waals surface area contributed by atoms with Gasteiger partial charge >= 0.3 is 5.97 Å². The summed E-state index contributed by atoms with van der Waals surface area (Å²) < 4.78 is 0. The van der Waals surface area contributed by atoms with Crippen molar-refractivity contribution >= 4 is 17.5 Å². The van der Waals surface area contributed by atoms with E-state index in [1.54, 1.807) is 11.9 Å². The van der Waals surface area contributed by atoms with E-state index >= 15 is 0 Å². The van der Waals surface area contributed by atoms with E-state index in [9.17, 15) is 14.9 Å². The van der Waals surface area contributed by atoms with E-state index in [1.807, 2.05) is 0 Å². The topological polar surface area (TPSA) is 96.6 Å². The maximum absolute atomic E-state index is 11.1. The number of carboxylic acid groups (broad SMARTS) is 1. The molecule has 0 aromatic carbocycles. The molecular formula is C10H11N3O4. The van der Waals surface area contributed by atoms with Crippen LogP contribution in [0.5, 0.6) is 0 Å². The van der Waals surface area contributed by atoms with Crippen LogP contribution in [-0.2, 0) is 0 Å². The molecule has 1 aromatic heterocycles. The van der Waals surface area contributed by atoms with Gasteiger partial charge in [-0.05, 0) is 12.8 Å². The number of hydrogen-bond acceptors (Lipinski definition) is 5. The second kappa shape index (κ2) is 4.00. The minimum atomic E-state index is -1.20. The van der Waals surface area contributed by atoms with E-state index in [2.05, 4.69) is 4.98 Å². The molecule has 1 saturated carbocycles. The van der Waals surface area contributed by atoms with Gasteiger partial charge in [0.15, 0.2) is 0 Å². The second-order valence-electron chi connectivity index (χ2n) is 3.97. The zero-order valence-electron chi connectivity index (χ0n) is 9.16. The third-order valence-corrected chi connectivity index (χ3v) is 2.72. The Bertz CT molecular complexity index is 484. The highest BCUT2D eigenvalue weighted by molar-refractivity contribution is 5.94. The molecule has 1 aliphatic rings. The molecule has 1 aliphatic carbocycles. The van der Waals surface area contributed by atoms with Gasteiger partial charge in [-0.25, -0.2) is 9.78 Å². The number of anilines is 1. The van der Waals surface area contributed by atoms with Crippen LogP contribution in [0.1, 0.15) is 23.2 Å². The largest absolute Gasteiger partial charge is 0.478 e. The molecule has 0 aliphatic heterocycles. The van der Waals surface area contributed by atoms with Crippen LogP contribution in [0.25, 0.3) is 0 Å². The van der Waals surface area contributed by atoms with Crippen molar-refractivity contribution in [1.82, 2.24) is 4.98 Å². The summed E-state index contributed by atoms with van der Waals surface area (Å²) in [5, 5.41) is 19.6. The molecule has 0 spiro atoms. The van der Waals surface area contributed by atoms with Crippen molar-refractivity contribution in [2.75, 3.05) is 11.9 Å². The van der Waals surface area contributed by atoms with Crippen molar-refractivity contribution in [2.24, 2.45) is 0 Å². The SMILES string of the molecule is CN(c1ncc([N+](=O)[O-])cc1C(=O)O)C1CC1. The summed E-state index contributed by atoms with van der Waals surface area (Å²) in [6.07, 6.45) is 3.07. The molecule has 1 fully saturated rings. The van der Waals surface area contributed by atoms with Crippen molar-refractivity contribution in [3.63, 3.8) is 0 Å². The Labute approximate surface area is 96.8 Å². The van der Waals surface area contributed by atoms with E-state index in [0.29, 0.717) is 6.04 Å². The summed E-state index contributed by atoms with van der Waals surface area (Å²) in [6.45, 7) is 0. The van der Waals surface area contributed by atoms with Gasteiger partial charge in [0.25, 0.3) is 5.69 Å². The van der Waals surface area contributed by atoms with Crippen LogP contribution in [0.15, 0.2) is 12.3 Å². The third kappa shape index (κ3) is 2.17. The highest BCUT2D eigenvalue weighted by atomic mass is 16.6. The average Bonchev–Trinajstić information content (AvgIpc) is 3.10. The average molecular weight is 237 g/mol. The molecule has 7 nitrogen and oxygen atoms in total. The van der Waals surface area contributed by atoms with Crippen molar-refractivity contribution < 1.29 is 14.8 Å². The van der Waals surface area contributed by atoms with Crippen molar-refractivity contribution in [3.05, 3.63) is 27.9 Å². The molecule has 17 heavy (non-hydrogen) atoms. The lowest BCUT2D eigenvalue weighted by Crippen LogP contribution is -2.23. The standard InChI is InChI=1S/C10H11N3O4/c1-12(6-2-3-6)9-8(10(14)15)4-7(5-11-9)13(16)17/h4-6H,2-3H2,1H3,(H,14,15). The van der Waals surface area contributed by atoms with Gasteiger partial charge in [0.1, 0.15) is 17.6 Å². The van der Waals surface area contributed by atoms with Crippen LogP contribution in [-0.4, -0.2) is 34.1 Å². The molecule has 0 saturated heterocycles. The molecule has 1 N–H and O–H groups in total. The second-order valence-corrected chi connectivity index (χ2v) is 3.97. The number of rotatable bonds is 4. The smallest absolute Gasteiger partial charge is 0.339 e. The highest BCUT2D eigenvalue weighted by Crippen LogP contribution is 2.31. The summed E-state index contributed by atoms with van der Waals surface area (Å²) in [6, 6.07) is 1.34. The zero-order chi connectivity index (χ0) is 12.6. The van der Waals surface area contributed by atoms with Gasteiger partial charge in [0.2, 0.25) is 0 Å². The van der Waals surface area contributed by atoms with Crippen molar-refractivity contribution in [3.8, 4) is 0 Å².